The van der Waals surface area contributed by atoms with Crippen molar-refractivity contribution in [2.75, 3.05) is 0 Å². The van der Waals surface area contributed by atoms with Crippen molar-refractivity contribution in [1.82, 2.24) is 25.1 Å². The van der Waals surface area contributed by atoms with Gasteiger partial charge in [0.05, 0.1) is 21.0 Å². The molecule has 0 amide bonds. The second kappa shape index (κ2) is 6.21. The molecule has 0 radical (unpaired) electrons. The summed E-state index contributed by atoms with van der Waals surface area (Å²) in [7, 11) is 0. The Morgan fingerprint density at radius 1 is 1.17 bits per heavy atom. The quantitative estimate of drug-likeness (QED) is 0.546. The molecule has 1 atom stereocenters. The van der Waals surface area contributed by atoms with Crippen molar-refractivity contribution >= 4 is 34.0 Å². The van der Waals surface area contributed by atoms with Crippen LogP contribution in [0.2, 0.25) is 0 Å². The minimum atomic E-state index is -0.127. The third-order valence-electron chi connectivity index (χ3n) is 3.52. The minimum Gasteiger partial charge on any atom is -0.309 e. The van der Waals surface area contributed by atoms with E-state index in [1.807, 2.05) is 42.6 Å². The fourth-order valence-electron chi connectivity index (χ4n) is 2.33. The Morgan fingerprint density at radius 2 is 2.04 bits per heavy atom. The van der Waals surface area contributed by atoms with E-state index in [4.69, 9.17) is 0 Å². The van der Waals surface area contributed by atoms with E-state index in [0.29, 0.717) is 21.9 Å². The van der Waals surface area contributed by atoms with Gasteiger partial charge in [0.2, 0.25) is 5.16 Å². The first-order valence-electron chi connectivity index (χ1n) is 7.32. The Labute approximate surface area is 145 Å². The van der Waals surface area contributed by atoms with Gasteiger partial charge in [0, 0.05) is 0 Å². The molecule has 8 heteroatoms. The lowest BCUT2D eigenvalue weighted by atomic mass is 10.2. The highest BCUT2D eigenvalue weighted by Crippen LogP contribution is 2.32. The van der Waals surface area contributed by atoms with Gasteiger partial charge in [0.15, 0.2) is 5.82 Å². The van der Waals surface area contributed by atoms with Crippen LogP contribution >= 0.6 is 23.1 Å². The van der Waals surface area contributed by atoms with Gasteiger partial charge in [-0.3, -0.25) is 9.89 Å². The van der Waals surface area contributed by atoms with Crippen molar-refractivity contribution in [2.24, 2.45) is 0 Å². The summed E-state index contributed by atoms with van der Waals surface area (Å²) < 4.78 is 0. The summed E-state index contributed by atoms with van der Waals surface area (Å²) in [6.07, 6.45) is 0. The van der Waals surface area contributed by atoms with Crippen LogP contribution < -0.4 is 5.56 Å². The Balaban J connectivity index is 1.60. The number of nitrogens with one attached hydrogen (secondary N) is 2. The SMILES string of the molecule is C[C@H](Sc1n[nH]c(-c2cccs2)n1)c1nc2ccccc2c(=O)[nH]1. The van der Waals surface area contributed by atoms with Gasteiger partial charge < -0.3 is 4.98 Å². The van der Waals surface area contributed by atoms with Crippen LogP contribution in [0.15, 0.2) is 51.7 Å². The molecule has 0 aliphatic rings. The predicted molar refractivity (Wildman–Crippen MR) is 96.3 cm³/mol. The summed E-state index contributed by atoms with van der Waals surface area (Å²) in [6, 6.07) is 11.3. The van der Waals surface area contributed by atoms with Crippen molar-refractivity contribution in [3.8, 4) is 10.7 Å². The standard InChI is InChI=1S/C16H13N5OS2/c1-9(13-17-11-6-3-2-5-10(11)15(22)18-13)24-16-19-14(20-21-16)12-7-4-8-23-12/h2-9H,1H3,(H,17,18,22)(H,19,20,21)/t9-/m0/s1. The second-order valence-corrected chi connectivity index (χ2v) is 7.43. The maximum Gasteiger partial charge on any atom is 0.258 e. The molecule has 0 spiro atoms. The molecular weight excluding hydrogens is 342 g/mol. The van der Waals surface area contributed by atoms with E-state index in [-0.39, 0.29) is 10.8 Å². The number of aromatic nitrogens is 5. The zero-order chi connectivity index (χ0) is 16.5. The first-order valence-corrected chi connectivity index (χ1v) is 9.08. The van der Waals surface area contributed by atoms with Crippen molar-refractivity contribution in [1.29, 1.82) is 0 Å². The highest BCUT2D eigenvalue weighted by Gasteiger charge is 2.15. The number of hydrogen-bond acceptors (Lipinski definition) is 6. The molecule has 6 nitrogen and oxygen atoms in total. The zero-order valence-electron chi connectivity index (χ0n) is 12.7. The van der Waals surface area contributed by atoms with Gasteiger partial charge in [-0.1, -0.05) is 30.0 Å². The van der Waals surface area contributed by atoms with Crippen LogP contribution in [0.5, 0.6) is 0 Å². The van der Waals surface area contributed by atoms with E-state index in [9.17, 15) is 4.79 Å². The Bertz CT molecular complexity index is 1040. The van der Waals surface area contributed by atoms with Crippen molar-refractivity contribution < 1.29 is 0 Å². The molecule has 3 heterocycles. The third kappa shape index (κ3) is 2.85. The molecule has 120 valence electrons. The maximum atomic E-state index is 12.2. The average molecular weight is 355 g/mol. The molecule has 0 unspecified atom stereocenters. The van der Waals surface area contributed by atoms with E-state index in [2.05, 4.69) is 25.1 Å². The van der Waals surface area contributed by atoms with E-state index in [0.717, 1.165) is 10.7 Å². The van der Waals surface area contributed by atoms with Gasteiger partial charge >= 0.3 is 0 Å². The third-order valence-corrected chi connectivity index (χ3v) is 5.36. The lowest BCUT2D eigenvalue weighted by Crippen LogP contribution is -2.12. The fraction of sp³-hybridized carbons (Fsp3) is 0.125. The molecule has 0 saturated heterocycles. The summed E-state index contributed by atoms with van der Waals surface area (Å²) in [5, 5.41) is 10.3. The van der Waals surface area contributed by atoms with E-state index >= 15 is 0 Å². The molecule has 0 saturated carbocycles. The first kappa shape index (κ1) is 15.1. The zero-order valence-corrected chi connectivity index (χ0v) is 14.3. The lowest BCUT2D eigenvalue weighted by Gasteiger charge is -2.08. The van der Waals surface area contributed by atoms with Crippen LogP contribution in [0.4, 0.5) is 0 Å². The van der Waals surface area contributed by atoms with Crippen molar-refractivity contribution in [3.63, 3.8) is 0 Å². The fourth-order valence-corrected chi connectivity index (χ4v) is 3.78. The normalized spacial score (nSPS) is 12.5. The topological polar surface area (TPSA) is 87.3 Å². The largest absolute Gasteiger partial charge is 0.309 e. The van der Waals surface area contributed by atoms with Gasteiger partial charge in [-0.05, 0) is 30.5 Å². The van der Waals surface area contributed by atoms with Crippen LogP contribution in [0.1, 0.15) is 18.0 Å². The maximum absolute atomic E-state index is 12.2. The Kier molecular flexibility index (Phi) is 3.91. The van der Waals surface area contributed by atoms with Crippen molar-refractivity contribution in [3.05, 3.63) is 58.0 Å². The van der Waals surface area contributed by atoms with Crippen LogP contribution in [-0.4, -0.2) is 25.1 Å². The van der Waals surface area contributed by atoms with Gasteiger partial charge in [-0.25, -0.2) is 9.97 Å². The molecule has 0 fully saturated rings. The molecule has 1 aromatic carbocycles. The number of hydrogen-bond donors (Lipinski definition) is 2. The van der Waals surface area contributed by atoms with E-state index in [1.54, 1.807) is 17.4 Å². The van der Waals surface area contributed by atoms with Crippen LogP contribution in [0.3, 0.4) is 0 Å². The molecule has 4 rings (SSSR count). The van der Waals surface area contributed by atoms with Crippen LogP contribution in [0.25, 0.3) is 21.6 Å². The van der Waals surface area contributed by atoms with Gasteiger partial charge in [0.25, 0.3) is 5.56 Å². The van der Waals surface area contributed by atoms with E-state index < -0.39 is 0 Å². The summed E-state index contributed by atoms with van der Waals surface area (Å²) in [5.41, 5.74) is 0.565. The summed E-state index contributed by atoms with van der Waals surface area (Å²) in [5.74, 6) is 1.37. The lowest BCUT2D eigenvalue weighted by molar-refractivity contribution is 0.904. The average Bonchev–Trinajstić information content (AvgIpc) is 3.26. The Morgan fingerprint density at radius 3 is 2.88 bits per heavy atom. The number of benzene rings is 1. The van der Waals surface area contributed by atoms with Crippen molar-refractivity contribution in [2.45, 2.75) is 17.3 Å². The minimum absolute atomic E-state index is 0.0747. The molecule has 4 aromatic rings. The number of H-pyrrole nitrogens is 2. The number of rotatable bonds is 4. The molecule has 24 heavy (non-hydrogen) atoms. The summed E-state index contributed by atoms with van der Waals surface area (Å²) >= 11 is 3.06. The number of fused-ring (bicyclic) bond motifs is 1. The van der Waals surface area contributed by atoms with Gasteiger partial charge in [-0.15, -0.1) is 16.4 Å². The first-order chi connectivity index (χ1) is 11.7. The molecule has 0 bridgehead atoms. The smallest absolute Gasteiger partial charge is 0.258 e. The van der Waals surface area contributed by atoms with E-state index in [1.165, 1.54) is 11.8 Å². The Hall–Kier alpha value is -2.45. The van der Waals surface area contributed by atoms with Crippen LogP contribution in [0, 0.1) is 0 Å². The second-order valence-electron chi connectivity index (χ2n) is 5.17. The predicted octanol–water partition coefficient (Wildman–Crippen LogP) is 3.62. The van der Waals surface area contributed by atoms with Gasteiger partial charge in [-0.2, -0.15) is 0 Å². The van der Waals surface area contributed by atoms with Gasteiger partial charge in [0.1, 0.15) is 5.82 Å². The molecule has 0 aliphatic heterocycles. The number of nitrogens with zero attached hydrogens (tertiary/aromatic N) is 3. The number of thiophene rings is 1. The number of thioether (sulfide) groups is 1. The molecule has 3 aromatic heterocycles. The summed E-state index contributed by atoms with van der Waals surface area (Å²) in [6.45, 7) is 1.97. The highest BCUT2D eigenvalue weighted by atomic mass is 32.2. The number of para-hydroxylation sites is 1. The molecular formula is C16H13N5OS2. The molecule has 0 aliphatic carbocycles. The molecule has 2 N–H and O–H groups in total. The monoisotopic (exact) mass is 355 g/mol. The number of aromatic amines is 2. The van der Waals surface area contributed by atoms with Crippen LogP contribution in [-0.2, 0) is 0 Å². The highest BCUT2D eigenvalue weighted by molar-refractivity contribution is 7.99. The summed E-state index contributed by atoms with van der Waals surface area (Å²) in [4.78, 5) is 25.1.